The number of nitrogens with two attached hydrogens (primary N) is 1. The second-order valence-corrected chi connectivity index (χ2v) is 3.88. The van der Waals surface area contributed by atoms with E-state index < -0.39 is 0 Å². The third-order valence-corrected chi connectivity index (χ3v) is 2.41. The fourth-order valence-electron chi connectivity index (χ4n) is 1.56. The van der Waals surface area contributed by atoms with Crippen molar-refractivity contribution in [1.82, 2.24) is 4.98 Å². The molecule has 0 unspecified atom stereocenters. The Hall–Kier alpha value is -2.40. The maximum atomic E-state index is 12.0. The van der Waals surface area contributed by atoms with Gasteiger partial charge in [0, 0.05) is 5.69 Å². The van der Waals surface area contributed by atoms with E-state index in [0.717, 1.165) is 11.3 Å². The van der Waals surface area contributed by atoms with E-state index in [2.05, 4.69) is 15.7 Å². The van der Waals surface area contributed by atoms with Crippen molar-refractivity contribution in [3.63, 3.8) is 0 Å². The van der Waals surface area contributed by atoms with Crippen LogP contribution in [0.2, 0.25) is 0 Å². The predicted molar refractivity (Wildman–Crippen MR) is 71.2 cm³/mol. The SMILES string of the molecule is Cc1cccc(NC(=O)c2cccc(NN)n2)c1. The van der Waals surface area contributed by atoms with E-state index in [1.54, 1.807) is 18.2 Å². The number of nitrogens with zero attached hydrogens (tertiary/aromatic N) is 1. The average Bonchev–Trinajstić information content (AvgIpc) is 2.39. The highest BCUT2D eigenvalue weighted by atomic mass is 16.1. The molecular formula is C13H14N4O. The molecule has 5 nitrogen and oxygen atoms in total. The Kier molecular flexibility index (Phi) is 3.54. The third kappa shape index (κ3) is 2.83. The van der Waals surface area contributed by atoms with Crippen LogP contribution in [0.1, 0.15) is 16.1 Å². The molecule has 0 saturated heterocycles. The molecule has 1 aromatic heterocycles. The number of nitrogens with one attached hydrogen (secondary N) is 2. The lowest BCUT2D eigenvalue weighted by Gasteiger charge is -2.06. The van der Waals surface area contributed by atoms with Gasteiger partial charge in [-0.1, -0.05) is 18.2 Å². The number of hydrogen-bond donors (Lipinski definition) is 3. The Morgan fingerprint density at radius 1 is 1.22 bits per heavy atom. The van der Waals surface area contributed by atoms with Crippen LogP contribution in [0.3, 0.4) is 0 Å². The van der Waals surface area contributed by atoms with Gasteiger partial charge in [-0.3, -0.25) is 4.79 Å². The van der Waals surface area contributed by atoms with Crippen LogP contribution >= 0.6 is 0 Å². The number of benzene rings is 1. The number of amides is 1. The Morgan fingerprint density at radius 3 is 2.72 bits per heavy atom. The summed E-state index contributed by atoms with van der Waals surface area (Å²) in [5.74, 6) is 5.43. The number of nitrogen functional groups attached to an aromatic ring is 1. The summed E-state index contributed by atoms with van der Waals surface area (Å²) < 4.78 is 0. The highest BCUT2D eigenvalue weighted by Crippen LogP contribution is 2.11. The van der Waals surface area contributed by atoms with Gasteiger partial charge in [0.2, 0.25) is 0 Å². The van der Waals surface area contributed by atoms with Crippen LogP contribution in [0.15, 0.2) is 42.5 Å². The number of rotatable bonds is 3. The molecule has 18 heavy (non-hydrogen) atoms. The van der Waals surface area contributed by atoms with Crippen LogP contribution in [0.5, 0.6) is 0 Å². The molecular weight excluding hydrogens is 228 g/mol. The summed E-state index contributed by atoms with van der Waals surface area (Å²) in [6.07, 6.45) is 0. The minimum Gasteiger partial charge on any atom is -0.321 e. The van der Waals surface area contributed by atoms with Crippen molar-refractivity contribution in [3.8, 4) is 0 Å². The molecule has 92 valence electrons. The summed E-state index contributed by atoms with van der Waals surface area (Å²) in [4.78, 5) is 16.0. The zero-order valence-electron chi connectivity index (χ0n) is 9.97. The fraction of sp³-hybridized carbons (Fsp3) is 0.0769. The zero-order chi connectivity index (χ0) is 13.0. The van der Waals surface area contributed by atoms with Gasteiger partial charge < -0.3 is 10.7 Å². The zero-order valence-corrected chi connectivity index (χ0v) is 9.97. The summed E-state index contributed by atoms with van der Waals surface area (Å²) in [5.41, 5.74) is 4.54. The number of aromatic nitrogens is 1. The van der Waals surface area contributed by atoms with E-state index in [4.69, 9.17) is 5.84 Å². The summed E-state index contributed by atoms with van der Waals surface area (Å²) in [6.45, 7) is 1.97. The van der Waals surface area contributed by atoms with Crippen molar-refractivity contribution >= 4 is 17.4 Å². The van der Waals surface area contributed by atoms with Crippen molar-refractivity contribution in [3.05, 3.63) is 53.7 Å². The number of pyridine rings is 1. The van der Waals surface area contributed by atoms with Crippen LogP contribution in [0, 0.1) is 6.92 Å². The van der Waals surface area contributed by atoms with E-state index in [9.17, 15) is 4.79 Å². The average molecular weight is 242 g/mol. The minimum atomic E-state index is -0.266. The Labute approximate surface area is 105 Å². The second-order valence-electron chi connectivity index (χ2n) is 3.88. The van der Waals surface area contributed by atoms with Crippen molar-refractivity contribution in [2.24, 2.45) is 5.84 Å². The van der Waals surface area contributed by atoms with Gasteiger partial charge in [-0.15, -0.1) is 0 Å². The van der Waals surface area contributed by atoms with E-state index in [-0.39, 0.29) is 5.91 Å². The molecule has 4 N–H and O–H groups in total. The monoisotopic (exact) mass is 242 g/mol. The van der Waals surface area contributed by atoms with Gasteiger partial charge >= 0.3 is 0 Å². The van der Waals surface area contributed by atoms with E-state index in [0.29, 0.717) is 11.5 Å². The second kappa shape index (κ2) is 5.29. The lowest BCUT2D eigenvalue weighted by Crippen LogP contribution is -2.16. The Balaban J connectivity index is 2.16. The van der Waals surface area contributed by atoms with E-state index >= 15 is 0 Å². The van der Waals surface area contributed by atoms with Gasteiger partial charge in [0.1, 0.15) is 11.5 Å². The van der Waals surface area contributed by atoms with Crippen LogP contribution in [0.25, 0.3) is 0 Å². The standard InChI is InChI=1S/C13H14N4O/c1-9-4-2-5-10(8-9)15-13(18)11-6-3-7-12(16-11)17-14/h2-8H,14H2,1H3,(H,15,18)(H,16,17). The van der Waals surface area contributed by atoms with Crippen LogP contribution in [-0.2, 0) is 0 Å². The van der Waals surface area contributed by atoms with Crippen LogP contribution < -0.4 is 16.6 Å². The van der Waals surface area contributed by atoms with Gasteiger partial charge in [0.25, 0.3) is 5.91 Å². The first-order chi connectivity index (χ1) is 8.69. The van der Waals surface area contributed by atoms with Crippen LogP contribution in [0.4, 0.5) is 11.5 Å². The molecule has 0 aliphatic carbocycles. The first-order valence-electron chi connectivity index (χ1n) is 5.51. The molecule has 0 bridgehead atoms. The normalized spacial score (nSPS) is 9.89. The molecule has 1 aromatic carbocycles. The quantitative estimate of drug-likeness (QED) is 0.567. The number of carbonyl (C=O) groups excluding carboxylic acids is 1. The predicted octanol–water partition coefficient (Wildman–Crippen LogP) is 1.93. The molecule has 1 heterocycles. The third-order valence-electron chi connectivity index (χ3n) is 2.41. The first-order valence-corrected chi connectivity index (χ1v) is 5.51. The molecule has 0 radical (unpaired) electrons. The molecule has 0 saturated carbocycles. The Bertz CT molecular complexity index is 568. The van der Waals surface area contributed by atoms with Crippen molar-refractivity contribution in [2.75, 3.05) is 10.7 Å². The minimum absolute atomic E-state index is 0.266. The number of carbonyl (C=O) groups is 1. The van der Waals surface area contributed by atoms with E-state index in [1.807, 2.05) is 31.2 Å². The molecule has 0 spiro atoms. The summed E-state index contributed by atoms with van der Waals surface area (Å²) >= 11 is 0. The van der Waals surface area contributed by atoms with Gasteiger partial charge in [-0.05, 0) is 36.8 Å². The molecule has 0 atom stereocenters. The molecule has 5 heteroatoms. The van der Waals surface area contributed by atoms with Crippen LogP contribution in [-0.4, -0.2) is 10.9 Å². The number of aryl methyl sites for hydroxylation is 1. The lowest BCUT2D eigenvalue weighted by atomic mass is 10.2. The lowest BCUT2D eigenvalue weighted by molar-refractivity contribution is 0.102. The molecule has 0 aliphatic heterocycles. The number of hydrogen-bond acceptors (Lipinski definition) is 4. The van der Waals surface area contributed by atoms with Crippen molar-refractivity contribution in [2.45, 2.75) is 6.92 Å². The largest absolute Gasteiger partial charge is 0.321 e. The number of hydrazine groups is 1. The van der Waals surface area contributed by atoms with Gasteiger partial charge in [0.15, 0.2) is 0 Å². The maximum absolute atomic E-state index is 12.0. The highest BCUT2D eigenvalue weighted by molar-refractivity contribution is 6.03. The van der Waals surface area contributed by atoms with E-state index in [1.165, 1.54) is 0 Å². The topological polar surface area (TPSA) is 80.0 Å². The number of anilines is 2. The molecule has 0 fully saturated rings. The van der Waals surface area contributed by atoms with Crippen molar-refractivity contribution < 1.29 is 4.79 Å². The molecule has 0 aliphatic rings. The molecule has 2 rings (SSSR count). The van der Waals surface area contributed by atoms with Crippen molar-refractivity contribution in [1.29, 1.82) is 0 Å². The fourth-order valence-corrected chi connectivity index (χ4v) is 1.56. The first kappa shape index (κ1) is 12.1. The summed E-state index contributed by atoms with van der Waals surface area (Å²) in [5, 5.41) is 2.78. The smallest absolute Gasteiger partial charge is 0.274 e. The van der Waals surface area contributed by atoms with Gasteiger partial charge in [-0.25, -0.2) is 10.8 Å². The summed E-state index contributed by atoms with van der Waals surface area (Å²) in [6, 6.07) is 12.6. The summed E-state index contributed by atoms with van der Waals surface area (Å²) in [7, 11) is 0. The van der Waals surface area contributed by atoms with Gasteiger partial charge in [0.05, 0.1) is 0 Å². The van der Waals surface area contributed by atoms with Gasteiger partial charge in [-0.2, -0.15) is 0 Å². The maximum Gasteiger partial charge on any atom is 0.274 e. The molecule has 1 amide bonds. The highest BCUT2D eigenvalue weighted by Gasteiger charge is 2.08. The molecule has 2 aromatic rings. The Morgan fingerprint density at radius 2 is 2.00 bits per heavy atom.